The highest BCUT2D eigenvalue weighted by Crippen LogP contribution is 2.21. The summed E-state index contributed by atoms with van der Waals surface area (Å²) in [6.45, 7) is 2.06. The molecule has 1 heterocycles. The van der Waals surface area contributed by atoms with E-state index in [0.29, 0.717) is 30.3 Å². The van der Waals surface area contributed by atoms with E-state index in [4.69, 9.17) is 9.78 Å². The number of rotatable bonds is 5. The van der Waals surface area contributed by atoms with Gasteiger partial charge in [0.25, 0.3) is 0 Å². The highest BCUT2D eigenvalue weighted by Gasteiger charge is 2.06. The zero-order valence-corrected chi connectivity index (χ0v) is 10.9. The van der Waals surface area contributed by atoms with Crippen molar-refractivity contribution < 1.29 is 4.52 Å². The lowest BCUT2D eigenvalue weighted by Gasteiger charge is -1.98. The minimum Gasteiger partial charge on any atom is -0.339 e. The van der Waals surface area contributed by atoms with Crippen LogP contribution >= 0.6 is 11.8 Å². The Hall–Kier alpha value is -1.80. The SMILES string of the molecule is Cc1ccc(SCc2noc(CCC#N)n2)cc1. The Morgan fingerprint density at radius 2 is 2.11 bits per heavy atom. The Kier molecular flexibility index (Phi) is 4.37. The number of thioether (sulfide) groups is 1. The van der Waals surface area contributed by atoms with Crippen molar-refractivity contribution in [2.24, 2.45) is 0 Å². The number of benzene rings is 1. The van der Waals surface area contributed by atoms with Gasteiger partial charge in [-0.3, -0.25) is 0 Å². The maximum Gasteiger partial charge on any atom is 0.227 e. The third kappa shape index (κ3) is 3.60. The van der Waals surface area contributed by atoms with Gasteiger partial charge >= 0.3 is 0 Å². The summed E-state index contributed by atoms with van der Waals surface area (Å²) in [4.78, 5) is 5.41. The molecule has 0 saturated heterocycles. The van der Waals surface area contributed by atoms with E-state index in [1.54, 1.807) is 11.8 Å². The Morgan fingerprint density at radius 1 is 1.33 bits per heavy atom. The van der Waals surface area contributed by atoms with Gasteiger partial charge in [-0.15, -0.1) is 11.8 Å². The van der Waals surface area contributed by atoms with Gasteiger partial charge in [0.15, 0.2) is 5.82 Å². The predicted octanol–water partition coefficient (Wildman–Crippen LogP) is 3.13. The second kappa shape index (κ2) is 6.22. The Morgan fingerprint density at radius 3 is 2.83 bits per heavy atom. The number of hydrogen-bond donors (Lipinski definition) is 0. The lowest BCUT2D eigenvalue weighted by Crippen LogP contribution is -1.86. The molecule has 0 N–H and O–H groups in total. The first-order valence-corrected chi connectivity index (χ1v) is 6.64. The number of nitriles is 1. The first-order chi connectivity index (χ1) is 8.78. The van der Waals surface area contributed by atoms with Gasteiger partial charge < -0.3 is 4.52 Å². The first kappa shape index (κ1) is 12.7. The monoisotopic (exact) mass is 259 g/mol. The molecular formula is C13H13N3OS. The van der Waals surface area contributed by atoms with E-state index in [9.17, 15) is 0 Å². The van der Waals surface area contributed by atoms with Crippen LogP contribution in [0, 0.1) is 18.3 Å². The molecule has 0 amide bonds. The molecule has 0 fully saturated rings. The lowest BCUT2D eigenvalue weighted by atomic mass is 10.2. The maximum atomic E-state index is 8.46. The van der Waals surface area contributed by atoms with Crippen molar-refractivity contribution in [1.29, 1.82) is 5.26 Å². The van der Waals surface area contributed by atoms with Crippen LogP contribution in [0.2, 0.25) is 0 Å². The number of aromatic nitrogens is 2. The number of hydrogen-bond acceptors (Lipinski definition) is 5. The highest BCUT2D eigenvalue weighted by molar-refractivity contribution is 7.98. The molecule has 0 aliphatic rings. The van der Waals surface area contributed by atoms with Gasteiger partial charge in [0.2, 0.25) is 5.89 Å². The van der Waals surface area contributed by atoms with Gasteiger partial charge in [0.05, 0.1) is 11.8 Å². The normalized spacial score (nSPS) is 10.2. The van der Waals surface area contributed by atoms with Crippen LogP contribution in [0.5, 0.6) is 0 Å². The molecule has 5 heteroatoms. The first-order valence-electron chi connectivity index (χ1n) is 5.66. The van der Waals surface area contributed by atoms with E-state index in [-0.39, 0.29) is 0 Å². The molecule has 2 rings (SSSR count). The fourth-order valence-electron chi connectivity index (χ4n) is 1.40. The molecule has 0 aliphatic carbocycles. The minimum absolute atomic E-state index is 0.409. The van der Waals surface area contributed by atoms with Crippen LogP contribution in [-0.2, 0) is 12.2 Å². The van der Waals surface area contributed by atoms with Gasteiger partial charge in [0.1, 0.15) is 0 Å². The van der Waals surface area contributed by atoms with E-state index in [1.165, 1.54) is 10.5 Å². The molecule has 0 bridgehead atoms. The standard InChI is InChI=1S/C13H13N3OS/c1-10-4-6-11(7-5-10)18-9-12-15-13(17-16-12)3-2-8-14/h4-7H,2-3,9H2,1H3. The van der Waals surface area contributed by atoms with Crippen molar-refractivity contribution in [3.8, 4) is 6.07 Å². The molecule has 18 heavy (non-hydrogen) atoms. The van der Waals surface area contributed by atoms with Gasteiger partial charge in [-0.25, -0.2) is 0 Å². The molecule has 0 atom stereocenters. The maximum absolute atomic E-state index is 8.46. The molecule has 2 aromatic rings. The van der Waals surface area contributed by atoms with Gasteiger partial charge in [-0.1, -0.05) is 22.9 Å². The van der Waals surface area contributed by atoms with Gasteiger partial charge in [0, 0.05) is 17.7 Å². The Balaban J connectivity index is 1.88. The highest BCUT2D eigenvalue weighted by atomic mass is 32.2. The van der Waals surface area contributed by atoms with Crippen molar-refractivity contribution in [2.75, 3.05) is 0 Å². The fourth-order valence-corrected chi connectivity index (χ4v) is 2.14. The van der Waals surface area contributed by atoms with Crippen molar-refractivity contribution in [2.45, 2.75) is 30.4 Å². The third-order valence-electron chi connectivity index (χ3n) is 2.35. The quantitative estimate of drug-likeness (QED) is 0.772. The second-order valence-corrected chi connectivity index (χ2v) is 4.91. The van der Waals surface area contributed by atoms with Crippen molar-refractivity contribution >= 4 is 11.8 Å². The molecule has 0 aliphatic heterocycles. The average Bonchev–Trinajstić information content (AvgIpc) is 2.84. The van der Waals surface area contributed by atoms with E-state index in [2.05, 4.69) is 47.4 Å². The molecule has 0 spiro atoms. The summed E-state index contributed by atoms with van der Waals surface area (Å²) in [5, 5.41) is 12.4. The smallest absolute Gasteiger partial charge is 0.227 e. The topological polar surface area (TPSA) is 62.7 Å². The molecule has 0 radical (unpaired) electrons. The van der Waals surface area contributed by atoms with E-state index in [0.717, 1.165) is 0 Å². The van der Waals surface area contributed by atoms with Gasteiger partial charge in [-0.05, 0) is 19.1 Å². The summed E-state index contributed by atoms with van der Waals surface area (Å²) in [7, 11) is 0. The van der Waals surface area contributed by atoms with E-state index in [1.807, 2.05) is 0 Å². The predicted molar refractivity (Wildman–Crippen MR) is 69.0 cm³/mol. The van der Waals surface area contributed by atoms with Crippen LogP contribution in [0.4, 0.5) is 0 Å². The van der Waals surface area contributed by atoms with Crippen LogP contribution in [-0.4, -0.2) is 10.1 Å². The van der Waals surface area contributed by atoms with Crippen molar-refractivity contribution in [1.82, 2.24) is 10.1 Å². The molecule has 0 unspecified atom stereocenters. The lowest BCUT2D eigenvalue weighted by molar-refractivity contribution is 0.375. The number of aryl methyl sites for hydroxylation is 2. The average molecular weight is 259 g/mol. The Bertz CT molecular complexity index is 542. The minimum atomic E-state index is 0.409. The largest absolute Gasteiger partial charge is 0.339 e. The molecule has 0 saturated carbocycles. The molecule has 1 aromatic carbocycles. The van der Waals surface area contributed by atoms with Gasteiger partial charge in [-0.2, -0.15) is 10.2 Å². The summed E-state index contributed by atoms with van der Waals surface area (Å²) >= 11 is 1.67. The van der Waals surface area contributed by atoms with E-state index < -0.39 is 0 Å². The van der Waals surface area contributed by atoms with Crippen LogP contribution < -0.4 is 0 Å². The van der Waals surface area contributed by atoms with Crippen LogP contribution in [0.1, 0.15) is 23.7 Å². The number of nitrogens with zero attached hydrogens (tertiary/aromatic N) is 3. The van der Waals surface area contributed by atoms with Crippen LogP contribution in [0.25, 0.3) is 0 Å². The zero-order chi connectivity index (χ0) is 12.8. The molecular weight excluding hydrogens is 246 g/mol. The van der Waals surface area contributed by atoms with Crippen molar-refractivity contribution in [3.63, 3.8) is 0 Å². The molecule has 4 nitrogen and oxygen atoms in total. The zero-order valence-electron chi connectivity index (χ0n) is 10.1. The molecule has 92 valence electrons. The summed E-state index contributed by atoms with van der Waals surface area (Å²) in [5.74, 6) is 1.89. The summed E-state index contributed by atoms with van der Waals surface area (Å²) in [5.41, 5.74) is 1.25. The molecule has 1 aromatic heterocycles. The van der Waals surface area contributed by atoms with Crippen LogP contribution in [0.3, 0.4) is 0 Å². The third-order valence-corrected chi connectivity index (χ3v) is 3.36. The Labute approximate surface area is 110 Å². The summed E-state index contributed by atoms with van der Waals surface area (Å²) in [6.07, 6.45) is 0.936. The fraction of sp³-hybridized carbons (Fsp3) is 0.308. The summed E-state index contributed by atoms with van der Waals surface area (Å²) in [6, 6.07) is 10.4. The second-order valence-electron chi connectivity index (χ2n) is 3.86. The van der Waals surface area contributed by atoms with E-state index >= 15 is 0 Å². The van der Waals surface area contributed by atoms with Crippen LogP contribution in [0.15, 0.2) is 33.7 Å². The summed E-state index contributed by atoms with van der Waals surface area (Å²) < 4.78 is 5.05. The van der Waals surface area contributed by atoms with Crippen molar-refractivity contribution in [3.05, 3.63) is 41.5 Å².